The lowest BCUT2D eigenvalue weighted by Crippen LogP contribution is -2.35. The smallest absolute Gasteiger partial charge is 0.341 e. The van der Waals surface area contributed by atoms with Gasteiger partial charge in [0.15, 0.2) is 0 Å². The van der Waals surface area contributed by atoms with Gasteiger partial charge in [-0.15, -0.1) is 11.3 Å². The zero-order valence-electron chi connectivity index (χ0n) is 14.4. The number of imide groups is 1. The van der Waals surface area contributed by atoms with Crippen LogP contribution in [0.4, 0.5) is 5.00 Å². The van der Waals surface area contributed by atoms with Crippen LogP contribution in [0.15, 0.2) is 12.2 Å². The number of hydrogen-bond donors (Lipinski definition) is 0. The van der Waals surface area contributed by atoms with E-state index in [1.165, 1.54) is 16.2 Å². The maximum absolute atomic E-state index is 13.1. The highest BCUT2D eigenvalue weighted by molar-refractivity contribution is 7.17. The Hall–Kier alpha value is -1.99. The predicted molar refractivity (Wildman–Crippen MR) is 94.2 cm³/mol. The van der Waals surface area contributed by atoms with Gasteiger partial charge in [-0.1, -0.05) is 12.2 Å². The number of hydrogen-bond acceptors (Lipinski definition) is 6. The molecule has 7 heteroatoms. The highest BCUT2D eigenvalue weighted by Crippen LogP contribution is 2.49. The van der Waals surface area contributed by atoms with Crippen LogP contribution in [0.2, 0.25) is 0 Å². The Kier molecular flexibility index (Phi) is 3.59. The molecule has 2 saturated heterocycles. The van der Waals surface area contributed by atoms with E-state index in [-0.39, 0.29) is 30.6 Å². The van der Waals surface area contributed by atoms with Crippen molar-refractivity contribution in [2.75, 3.05) is 11.5 Å². The number of esters is 1. The van der Waals surface area contributed by atoms with Gasteiger partial charge < -0.3 is 9.47 Å². The van der Waals surface area contributed by atoms with Crippen LogP contribution in [0.5, 0.6) is 0 Å². The molecule has 1 aromatic rings. The van der Waals surface area contributed by atoms with Crippen molar-refractivity contribution in [3.63, 3.8) is 0 Å². The molecular weight excluding hydrogens is 354 g/mol. The van der Waals surface area contributed by atoms with Gasteiger partial charge in [-0.25, -0.2) is 9.69 Å². The minimum Gasteiger partial charge on any atom is -0.462 e. The Morgan fingerprint density at radius 2 is 1.85 bits per heavy atom. The third-order valence-electron chi connectivity index (χ3n) is 5.75. The Bertz CT molecular complexity index is 826. The first kappa shape index (κ1) is 16.2. The Labute approximate surface area is 154 Å². The molecule has 0 aromatic carbocycles. The summed E-state index contributed by atoms with van der Waals surface area (Å²) in [5.74, 6) is -1.86. The molecule has 2 fully saturated rings. The number of amides is 2. The van der Waals surface area contributed by atoms with Crippen molar-refractivity contribution >= 4 is 34.1 Å². The first-order chi connectivity index (χ1) is 12.6. The first-order valence-corrected chi connectivity index (χ1v) is 9.96. The van der Waals surface area contributed by atoms with Gasteiger partial charge in [0.1, 0.15) is 5.00 Å². The van der Waals surface area contributed by atoms with Crippen molar-refractivity contribution in [3.05, 3.63) is 28.2 Å². The van der Waals surface area contributed by atoms with Crippen LogP contribution in [0.3, 0.4) is 0 Å². The molecule has 5 rings (SSSR count). The van der Waals surface area contributed by atoms with E-state index in [1.807, 2.05) is 12.2 Å². The average Bonchev–Trinajstić information content (AvgIpc) is 3.37. The quantitative estimate of drug-likeness (QED) is 0.462. The van der Waals surface area contributed by atoms with Gasteiger partial charge in [-0.3, -0.25) is 9.59 Å². The third-order valence-corrected chi connectivity index (χ3v) is 7.02. The summed E-state index contributed by atoms with van der Waals surface area (Å²) in [4.78, 5) is 41.2. The number of nitrogens with zero attached hydrogens (tertiary/aromatic N) is 1. The van der Waals surface area contributed by atoms with Gasteiger partial charge in [-0.05, 0) is 38.2 Å². The summed E-state index contributed by atoms with van der Waals surface area (Å²) in [7, 11) is 0. The molecule has 26 heavy (non-hydrogen) atoms. The summed E-state index contributed by atoms with van der Waals surface area (Å²) in [6, 6.07) is 0. The molecule has 0 N–H and O–H groups in total. The second kappa shape index (κ2) is 5.76. The third kappa shape index (κ3) is 2.04. The van der Waals surface area contributed by atoms with Crippen molar-refractivity contribution in [1.29, 1.82) is 0 Å². The number of carbonyl (C=O) groups is 3. The predicted octanol–water partition coefficient (Wildman–Crippen LogP) is 2.25. The van der Waals surface area contributed by atoms with Crippen LogP contribution < -0.4 is 4.90 Å². The van der Waals surface area contributed by atoms with Gasteiger partial charge in [0.25, 0.3) is 0 Å². The summed E-state index contributed by atoms with van der Waals surface area (Å²) in [6.07, 6.45) is 6.82. The topological polar surface area (TPSA) is 72.9 Å². The van der Waals surface area contributed by atoms with Crippen LogP contribution in [0, 0.1) is 11.8 Å². The highest BCUT2D eigenvalue weighted by Gasteiger charge is 2.61. The van der Waals surface area contributed by atoms with E-state index in [0.29, 0.717) is 10.6 Å². The van der Waals surface area contributed by atoms with E-state index in [4.69, 9.17) is 9.47 Å². The number of anilines is 1. The van der Waals surface area contributed by atoms with E-state index in [9.17, 15) is 14.4 Å². The summed E-state index contributed by atoms with van der Waals surface area (Å²) in [5.41, 5.74) is 1.39. The minimum atomic E-state index is -0.466. The van der Waals surface area contributed by atoms with Gasteiger partial charge in [0.2, 0.25) is 11.8 Å². The van der Waals surface area contributed by atoms with Crippen molar-refractivity contribution in [2.24, 2.45) is 11.8 Å². The lowest BCUT2D eigenvalue weighted by atomic mass is 9.85. The molecular formula is C19H19NO5S. The van der Waals surface area contributed by atoms with Crippen LogP contribution in [-0.2, 0) is 31.9 Å². The lowest BCUT2D eigenvalue weighted by Gasteiger charge is -2.18. The molecule has 4 heterocycles. The molecule has 1 aromatic heterocycles. The molecule has 2 amide bonds. The summed E-state index contributed by atoms with van der Waals surface area (Å²) < 4.78 is 10.9. The minimum absolute atomic E-state index is 0.249. The molecule has 3 aliphatic heterocycles. The van der Waals surface area contributed by atoms with Crippen molar-refractivity contribution in [1.82, 2.24) is 0 Å². The largest absolute Gasteiger partial charge is 0.462 e. The maximum atomic E-state index is 13.1. The fourth-order valence-corrected chi connectivity index (χ4v) is 6.01. The van der Waals surface area contributed by atoms with Crippen molar-refractivity contribution < 1.29 is 23.9 Å². The zero-order valence-corrected chi connectivity index (χ0v) is 15.2. The number of ether oxygens (including phenoxy) is 2. The van der Waals surface area contributed by atoms with E-state index in [2.05, 4.69) is 0 Å². The van der Waals surface area contributed by atoms with Crippen molar-refractivity contribution in [3.8, 4) is 0 Å². The fraction of sp³-hybridized carbons (Fsp3) is 0.526. The average molecular weight is 373 g/mol. The van der Waals surface area contributed by atoms with Crippen LogP contribution in [0.1, 0.15) is 40.6 Å². The number of fused-ring (bicyclic) bond motifs is 6. The molecule has 0 unspecified atom stereocenters. The molecule has 1 aliphatic carbocycles. The van der Waals surface area contributed by atoms with Crippen LogP contribution in [0.25, 0.3) is 0 Å². The molecule has 4 atom stereocenters. The monoisotopic (exact) mass is 373 g/mol. The van der Waals surface area contributed by atoms with Crippen LogP contribution >= 0.6 is 11.3 Å². The van der Waals surface area contributed by atoms with Gasteiger partial charge in [-0.2, -0.15) is 0 Å². The Morgan fingerprint density at radius 3 is 2.50 bits per heavy atom. The van der Waals surface area contributed by atoms with E-state index in [0.717, 1.165) is 36.1 Å². The van der Waals surface area contributed by atoms with E-state index in [1.54, 1.807) is 6.92 Å². The number of thiophene rings is 1. The Balaban J connectivity index is 1.60. The molecule has 6 nitrogen and oxygen atoms in total. The van der Waals surface area contributed by atoms with Gasteiger partial charge in [0.05, 0.1) is 36.2 Å². The summed E-state index contributed by atoms with van der Waals surface area (Å²) in [5, 5.41) is 0.458. The molecule has 136 valence electrons. The molecule has 4 aliphatic rings. The molecule has 0 saturated carbocycles. The Morgan fingerprint density at radius 1 is 1.19 bits per heavy atom. The normalized spacial score (nSPS) is 31.5. The highest BCUT2D eigenvalue weighted by atomic mass is 32.1. The molecule has 0 spiro atoms. The second-order valence-electron chi connectivity index (χ2n) is 7.13. The van der Waals surface area contributed by atoms with Crippen molar-refractivity contribution in [2.45, 2.75) is 44.8 Å². The van der Waals surface area contributed by atoms with E-state index >= 15 is 0 Å². The second-order valence-corrected chi connectivity index (χ2v) is 8.21. The standard InChI is InChI=1S/C19H19NO5S/c1-2-24-19(23)13-9-5-3-4-6-12(9)26-18(13)20-16(21)14-10-7-8-11(25-10)15(14)17(20)22/h7-8,10-11,14-15H,2-6H2,1H3/t10-,11-,14-,15-/m0/s1. The fourth-order valence-electron chi connectivity index (χ4n) is 4.63. The molecule has 2 bridgehead atoms. The summed E-state index contributed by atoms with van der Waals surface area (Å²) >= 11 is 1.40. The zero-order chi connectivity index (χ0) is 18.0. The van der Waals surface area contributed by atoms with Gasteiger partial charge in [0, 0.05) is 4.88 Å². The number of aryl methyl sites for hydroxylation is 1. The SMILES string of the molecule is CCOC(=O)c1c(N2C(=O)[C@@H]3[C@@H](C2=O)[C@@H]2C=C[C@@H]3O2)sc2c1CCCC2. The maximum Gasteiger partial charge on any atom is 0.341 e. The first-order valence-electron chi connectivity index (χ1n) is 9.15. The summed E-state index contributed by atoms with van der Waals surface area (Å²) in [6.45, 7) is 2.02. The lowest BCUT2D eigenvalue weighted by molar-refractivity contribution is -0.124. The van der Waals surface area contributed by atoms with Gasteiger partial charge >= 0.3 is 5.97 Å². The van der Waals surface area contributed by atoms with E-state index < -0.39 is 17.8 Å². The number of carbonyl (C=O) groups excluding carboxylic acids is 3. The molecule has 0 radical (unpaired) electrons. The van der Waals surface area contributed by atoms with Crippen LogP contribution in [-0.4, -0.2) is 36.6 Å². The number of rotatable bonds is 3.